The Morgan fingerprint density at radius 1 is 1.50 bits per heavy atom. The fourth-order valence-corrected chi connectivity index (χ4v) is 2.62. The molecule has 0 aliphatic carbocycles. The average Bonchev–Trinajstić information content (AvgIpc) is 2.49. The highest BCUT2D eigenvalue weighted by atomic mass is 32.1. The van der Waals surface area contributed by atoms with E-state index < -0.39 is 0 Å². The van der Waals surface area contributed by atoms with Crippen molar-refractivity contribution in [2.75, 3.05) is 19.7 Å². The van der Waals surface area contributed by atoms with E-state index in [9.17, 15) is 4.79 Å². The lowest BCUT2D eigenvalue weighted by atomic mass is 9.94. The van der Waals surface area contributed by atoms with Crippen LogP contribution >= 0.6 is 12.2 Å². The number of carbonyl (C=O) groups excluding carboxylic acids is 1. The van der Waals surface area contributed by atoms with E-state index in [0.717, 1.165) is 12.0 Å². The number of amides is 1. The first-order valence-corrected chi connectivity index (χ1v) is 7.29. The summed E-state index contributed by atoms with van der Waals surface area (Å²) in [5.74, 6) is 0.0181. The van der Waals surface area contributed by atoms with Crippen molar-refractivity contribution in [3.63, 3.8) is 0 Å². The zero-order valence-electron chi connectivity index (χ0n) is 11.6. The number of morpholine rings is 1. The largest absolute Gasteiger partial charge is 0.391 e. The van der Waals surface area contributed by atoms with Gasteiger partial charge < -0.3 is 15.4 Å². The SMILES string of the molecule is CCC(C(=O)N1CCOC(C(N)=S)C1)c1ccccc1. The molecule has 20 heavy (non-hydrogen) atoms. The van der Waals surface area contributed by atoms with Gasteiger partial charge in [0.1, 0.15) is 11.1 Å². The van der Waals surface area contributed by atoms with Crippen molar-refractivity contribution >= 4 is 23.1 Å². The van der Waals surface area contributed by atoms with Crippen molar-refractivity contribution in [2.24, 2.45) is 5.73 Å². The molecule has 0 spiro atoms. The van der Waals surface area contributed by atoms with Gasteiger partial charge in [-0.1, -0.05) is 49.5 Å². The molecule has 1 heterocycles. The molecule has 5 heteroatoms. The first-order valence-electron chi connectivity index (χ1n) is 6.88. The molecule has 1 aliphatic heterocycles. The highest BCUT2D eigenvalue weighted by Crippen LogP contribution is 2.23. The van der Waals surface area contributed by atoms with Gasteiger partial charge in [0, 0.05) is 6.54 Å². The number of benzene rings is 1. The number of nitrogens with two attached hydrogens (primary N) is 1. The summed E-state index contributed by atoms with van der Waals surface area (Å²) in [4.78, 5) is 14.8. The van der Waals surface area contributed by atoms with E-state index in [1.807, 2.05) is 42.2 Å². The second-order valence-electron chi connectivity index (χ2n) is 4.92. The summed E-state index contributed by atoms with van der Waals surface area (Å²) >= 11 is 4.96. The standard InChI is InChI=1S/C15H20N2O2S/c1-2-12(11-6-4-3-5-7-11)15(18)17-8-9-19-13(10-17)14(16)20/h3-7,12-13H,2,8-10H2,1H3,(H2,16,20). The zero-order chi connectivity index (χ0) is 14.5. The number of hydrogen-bond acceptors (Lipinski definition) is 3. The molecule has 1 aromatic rings. The Bertz CT molecular complexity index is 478. The van der Waals surface area contributed by atoms with Gasteiger partial charge >= 0.3 is 0 Å². The molecule has 2 rings (SSSR count). The van der Waals surface area contributed by atoms with Crippen molar-refractivity contribution in [2.45, 2.75) is 25.4 Å². The third-order valence-corrected chi connectivity index (χ3v) is 3.87. The Morgan fingerprint density at radius 3 is 2.80 bits per heavy atom. The molecule has 0 saturated carbocycles. The van der Waals surface area contributed by atoms with E-state index in [4.69, 9.17) is 22.7 Å². The summed E-state index contributed by atoms with van der Waals surface area (Å²) in [7, 11) is 0. The molecule has 1 saturated heterocycles. The summed E-state index contributed by atoms with van der Waals surface area (Å²) in [6.45, 7) is 3.57. The van der Waals surface area contributed by atoms with Gasteiger partial charge in [0.25, 0.3) is 0 Å². The van der Waals surface area contributed by atoms with Crippen LogP contribution in [0.2, 0.25) is 0 Å². The van der Waals surface area contributed by atoms with Gasteiger partial charge in [0.05, 0.1) is 19.1 Å². The molecule has 0 radical (unpaired) electrons. The first kappa shape index (κ1) is 14.9. The van der Waals surface area contributed by atoms with Gasteiger partial charge in [0.15, 0.2) is 0 Å². The Kier molecular flexibility index (Phi) is 5.09. The van der Waals surface area contributed by atoms with Crippen molar-refractivity contribution in [3.05, 3.63) is 35.9 Å². The van der Waals surface area contributed by atoms with E-state index in [1.54, 1.807) is 0 Å². The van der Waals surface area contributed by atoms with Crippen LogP contribution < -0.4 is 5.73 Å². The van der Waals surface area contributed by atoms with Crippen LogP contribution in [0, 0.1) is 0 Å². The molecule has 1 aliphatic rings. The lowest BCUT2D eigenvalue weighted by Crippen LogP contribution is -2.51. The van der Waals surface area contributed by atoms with E-state index in [1.165, 1.54) is 0 Å². The molecule has 4 nitrogen and oxygen atoms in total. The first-order chi connectivity index (χ1) is 9.63. The summed E-state index contributed by atoms with van der Waals surface area (Å²) in [6.07, 6.45) is 0.453. The number of ether oxygens (including phenoxy) is 1. The maximum Gasteiger partial charge on any atom is 0.230 e. The number of thiocarbonyl (C=S) groups is 1. The monoisotopic (exact) mass is 292 g/mol. The van der Waals surface area contributed by atoms with Gasteiger partial charge in [-0.25, -0.2) is 0 Å². The number of hydrogen-bond donors (Lipinski definition) is 1. The maximum atomic E-state index is 12.7. The summed E-state index contributed by atoms with van der Waals surface area (Å²) in [5, 5.41) is 0. The van der Waals surface area contributed by atoms with Gasteiger partial charge in [-0.3, -0.25) is 4.79 Å². The normalized spacial score (nSPS) is 20.4. The van der Waals surface area contributed by atoms with Crippen molar-refractivity contribution in [1.82, 2.24) is 4.90 Å². The second kappa shape index (κ2) is 6.81. The summed E-state index contributed by atoms with van der Waals surface area (Å²) < 4.78 is 5.48. The third kappa shape index (κ3) is 3.35. The maximum absolute atomic E-state index is 12.7. The molecule has 0 aromatic heterocycles. The van der Waals surface area contributed by atoms with Crippen LogP contribution in [-0.4, -0.2) is 41.6 Å². The highest BCUT2D eigenvalue weighted by Gasteiger charge is 2.30. The molecule has 1 aromatic carbocycles. The topological polar surface area (TPSA) is 55.6 Å². The molecule has 1 amide bonds. The molecular weight excluding hydrogens is 272 g/mol. The highest BCUT2D eigenvalue weighted by molar-refractivity contribution is 7.80. The van der Waals surface area contributed by atoms with Crippen LogP contribution in [0.15, 0.2) is 30.3 Å². The zero-order valence-corrected chi connectivity index (χ0v) is 12.4. The number of rotatable bonds is 4. The Hall–Kier alpha value is -1.46. The number of nitrogens with zero attached hydrogens (tertiary/aromatic N) is 1. The lowest BCUT2D eigenvalue weighted by Gasteiger charge is -2.34. The van der Waals surface area contributed by atoms with Gasteiger partial charge in [-0.05, 0) is 12.0 Å². The molecule has 2 atom stereocenters. The minimum atomic E-state index is -0.323. The van der Waals surface area contributed by atoms with Crippen LogP contribution in [-0.2, 0) is 9.53 Å². The fourth-order valence-electron chi connectivity index (χ4n) is 2.48. The summed E-state index contributed by atoms with van der Waals surface area (Å²) in [6, 6.07) is 9.87. The summed E-state index contributed by atoms with van der Waals surface area (Å²) in [5.41, 5.74) is 6.67. The molecule has 2 unspecified atom stereocenters. The van der Waals surface area contributed by atoms with Gasteiger partial charge in [-0.15, -0.1) is 0 Å². The minimum absolute atomic E-state index is 0.110. The second-order valence-corrected chi connectivity index (χ2v) is 5.39. The van der Waals surface area contributed by atoms with Crippen molar-refractivity contribution in [1.29, 1.82) is 0 Å². The molecule has 108 valence electrons. The van der Waals surface area contributed by atoms with Crippen LogP contribution in [0.4, 0.5) is 0 Å². The molecule has 0 bridgehead atoms. The van der Waals surface area contributed by atoms with Gasteiger partial charge in [-0.2, -0.15) is 0 Å². The quantitative estimate of drug-likeness (QED) is 0.858. The minimum Gasteiger partial charge on any atom is -0.391 e. The van der Waals surface area contributed by atoms with Crippen molar-refractivity contribution in [3.8, 4) is 0 Å². The Balaban J connectivity index is 2.11. The van der Waals surface area contributed by atoms with Gasteiger partial charge in [0.2, 0.25) is 5.91 Å². The predicted molar refractivity (Wildman–Crippen MR) is 82.6 cm³/mol. The fraction of sp³-hybridized carbons (Fsp3) is 0.467. The van der Waals surface area contributed by atoms with Crippen LogP contribution in [0.25, 0.3) is 0 Å². The average molecular weight is 292 g/mol. The molecule has 1 fully saturated rings. The Labute approximate surface area is 124 Å². The molecule has 2 N–H and O–H groups in total. The Morgan fingerprint density at radius 2 is 2.20 bits per heavy atom. The van der Waals surface area contributed by atoms with Crippen LogP contribution in [0.3, 0.4) is 0 Å². The number of carbonyl (C=O) groups is 1. The third-order valence-electron chi connectivity index (χ3n) is 3.60. The van der Waals surface area contributed by atoms with E-state index in [0.29, 0.717) is 24.7 Å². The van der Waals surface area contributed by atoms with Crippen LogP contribution in [0.1, 0.15) is 24.8 Å². The smallest absolute Gasteiger partial charge is 0.230 e. The predicted octanol–water partition coefficient (Wildman–Crippen LogP) is 1.69. The molecular formula is C15H20N2O2S. The lowest BCUT2D eigenvalue weighted by molar-refractivity contribution is -0.138. The van der Waals surface area contributed by atoms with E-state index in [2.05, 4.69) is 0 Å². The van der Waals surface area contributed by atoms with Crippen LogP contribution in [0.5, 0.6) is 0 Å². The van der Waals surface area contributed by atoms with E-state index in [-0.39, 0.29) is 17.9 Å². The van der Waals surface area contributed by atoms with E-state index >= 15 is 0 Å². The van der Waals surface area contributed by atoms with Crippen molar-refractivity contribution < 1.29 is 9.53 Å².